The van der Waals surface area contributed by atoms with Gasteiger partial charge in [-0.1, -0.05) is 12.8 Å². The molecule has 0 radical (unpaired) electrons. The van der Waals surface area contributed by atoms with E-state index in [0.717, 1.165) is 10.8 Å². The number of furan rings is 1. The molecule has 0 atom stereocenters. The molecule has 1 heterocycles. The van der Waals surface area contributed by atoms with Gasteiger partial charge in [-0.2, -0.15) is 0 Å². The maximum absolute atomic E-state index is 11.9. The van der Waals surface area contributed by atoms with E-state index >= 15 is 0 Å². The lowest BCUT2D eigenvalue weighted by Gasteiger charge is -2.11. The molecule has 7 heteroatoms. The van der Waals surface area contributed by atoms with Gasteiger partial charge in [0.05, 0.1) is 19.3 Å². The van der Waals surface area contributed by atoms with E-state index in [1.165, 1.54) is 45.8 Å². The average molecular weight is 316 g/mol. The highest BCUT2D eigenvalue weighted by atomic mass is 32.2. The zero-order valence-corrected chi connectivity index (χ0v) is 13.5. The fraction of sp³-hybridized carbons (Fsp3) is 0.714. The fourth-order valence-electron chi connectivity index (χ4n) is 2.34. The molecule has 0 spiro atoms. The molecule has 1 aliphatic carbocycles. The molecule has 0 aromatic carbocycles. The Morgan fingerprint density at radius 2 is 2.05 bits per heavy atom. The van der Waals surface area contributed by atoms with Gasteiger partial charge in [0.25, 0.3) is 10.0 Å². The van der Waals surface area contributed by atoms with Crippen LogP contribution in [-0.2, 0) is 21.3 Å². The summed E-state index contributed by atoms with van der Waals surface area (Å²) >= 11 is 0. The molecule has 0 unspecified atom stereocenters. The Morgan fingerprint density at radius 1 is 1.33 bits per heavy atom. The van der Waals surface area contributed by atoms with Crippen LogP contribution in [0.2, 0.25) is 0 Å². The molecule has 1 aliphatic rings. The third-order valence-corrected chi connectivity index (χ3v) is 5.30. The topological polar surface area (TPSA) is 71.8 Å². The minimum absolute atomic E-state index is 0.0218. The lowest BCUT2D eigenvalue weighted by molar-refractivity contribution is 0.0600. The molecule has 21 heavy (non-hydrogen) atoms. The Hall–Kier alpha value is -0.890. The van der Waals surface area contributed by atoms with Crippen molar-refractivity contribution >= 4 is 10.0 Å². The van der Waals surface area contributed by atoms with Crippen LogP contribution in [-0.4, -0.2) is 46.1 Å². The van der Waals surface area contributed by atoms with Crippen LogP contribution in [0, 0.1) is 0 Å². The highest BCUT2D eigenvalue weighted by molar-refractivity contribution is 7.88. The van der Waals surface area contributed by atoms with Crippen LogP contribution in [0.15, 0.2) is 21.6 Å². The third kappa shape index (κ3) is 4.54. The van der Waals surface area contributed by atoms with Gasteiger partial charge >= 0.3 is 0 Å². The second-order valence-electron chi connectivity index (χ2n) is 5.46. The summed E-state index contributed by atoms with van der Waals surface area (Å²) in [6.45, 7) is 1.90. The number of sulfonamides is 1. The molecule has 0 aliphatic heterocycles. The number of ether oxygens (including phenoxy) is 1. The second-order valence-corrected chi connectivity index (χ2v) is 7.55. The Kier molecular flexibility index (Phi) is 5.80. The predicted octanol–water partition coefficient (Wildman–Crippen LogP) is 1.58. The minimum atomic E-state index is -3.49. The summed E-state index contributed by atoms with van der Waals surface area (Å²) in [6, 6.07) is 3.17. The quantitative estimate of drug-likeness (QED) is 0.737. The van der Waals surface area contributed by atoms with Gasteiger partial charge in [-0.25, -0.2) is 12.7 Å². The van der Waals surface area contributed by atoms with E-state index in [1.54, 1.807) is 6.07 Å². The van der Waals surface area contributed by atoms with Crippen molar-refractivity contribution in [2.75, 3.05) is 27.2 Å². The Bertz CT molecular complexity index is 533. The molecule has 1 aromatic rings. The molecule has 1 aromatic heterocycles. The van der Waals surface area contributed by atoms with Gasteiger partial charge in [0.2, 0.25) is 5.09 Å². The van der Waals surface area contributed by atoms with Crippen LogP contribution in [0.25, 0.3) is 0 Å². The zero-order valence-electron chi connectivity index (χ0n) is 12.7. The molecule has 2 rings (SSSR count). The number of rotatable bonds is 8. The van der Waals surface area contributed by atoms with E-state index in [0.29, 0.717) is 25.0 Å². The first kappa shape index (κ1) is 16.5. The van der Waals surface area contributed by atoms with Crippen molar-refractivity contribution in [3.8, 4) is 0 Å². The van der Waals surface area contributed by atoms with Crippen molar-refractivity contribution in [2.45, 2.75) is 43.4 Å². The Labute approximate surface area is 126 Å². The van der Waals surface area contributed by atoms with Crippen LogP contribution >= 0.6 is 0 Å². The lowest BCUT2D eigenvalue weighted by atomic mass is 10.3. The van der Waals surface area contributed by atoms with Gasteiger partial charge in [0, 0.05) is 20.6 Å². The minimum Gasteiger partial charge on any atom is -0.447 e. The highest BCUT2D eigenvalue weighted by Gasteiger charge is 2.21. The van der Waals surface area contributed by atoms with E-state index in [1.807, 2.05) is 0 Å². The van der Waals surface area contributed by atoms with Crippen molar-refractivity contribution in [2.24, 2.45) is 0 Å². The molecule has 6 nitrogen and oxygen atoms in total. The van der Waals surface area contributed by atoms with Gasteiger partial charge < -0.3 is 14.5 Å². The van der Waals surface area contributed by atoms with E-state index in [2.05, 4.69) is 5.32 Å². The zero-order chi connectivity index (χ0) is 15.3. The van der Waals surface area contributed by atoms with Gasteiger partial charge in [-0.3, -0.25) is 0 Å². The molecule has 120 valence electrons. The first-order valence-corrected chi connectivity index (χ1v) is 8.77. The van der Waals surface area contributed by atoms with Gasteiger partial charge in [-0.15, -0.1) is 0 Å². The van der Waals surface area contributed by atoms with E-state index in [9.17, 15) is 8.42 Å². The summed E-state index contributed by atoms with van der Waals surface area (Å²) in [4.78, 5) is 0. The van der Waals surface area contributed by atoms with Crippen LogP contribution in [0.5, 0.6) is 0 Å². The first-order valence-electron chi connectivity index (χ1n) is 7.33. The van der Waals surface area contributed by atoms with Gasteiger partial charge in [0.1, 0.15) is 5.76 Å². The number of nitrogens with one attached hydrogen (secondary N) is 1. The number of hydrogen-bond acceptors (Lipinski definition) is 5. The van der Waals surface area contributed by atoms with Crippen molar-refractivity contribution in [1.82, 2.24) is 9.62 Å². The second kappa shape index (κ2) is 7.40. The SMILES string of the molecule is CN(C)S(=O)(=O)c1ccc(CNCCOC2CCCC2)o1. The van der Waals surface area contributed by atoms with Crippen LogP contribution in [0.4, 0.5) is 0 Å². The fourth-order valence-corrected chi connectivity index (χ4v) is 3.15. The molecule has 0 saturated heterocycles. The predicted molar refractivity (Wildman–Crippen MR) is 79.5 cm³/mol. The monoisotopic (exact) mass is 316 g/mol. The average Bonchev–Trinajstić information content (AvgIpc) is 3.09. The van der Waals surface area contributed by atoms with E-state index < -0.39 is 10.0 Å². The lowest BCUT2D eigenvalue weighted by Crippen LogP contribution is -2.22. The Morgan fingerprint density at radius 3 is 2.71 bits per heavy atom. The third-order valence-electron chi connectivity index (χ3n) is 3.61. The number of hydrogen-bond donors (Lipinski definition) is 1. The van der Waals surface area contributed by atoms with Gasteiger partial charge in [-0.05, 0) is 25.0 Å². The highest BCUT2D eigenvalue weighted by Crippen LogP contribution is 2.20. The standard InChI is InChI=1S/C14H24N2O4S/c1-16(2)21(17,18)14-8-7-13(20-14)11-15-9-10-19-12-5-3-4-6-12/h7-8,12,15H,3-6,9-11H2,1-2H3. The van der Waals surface area contributed by atoms with Crippen LogP contribution in [0.3, 0.4) is 0 Å². The summed E-state index contributed by atoms with van der Waals surface area (Å²) in [7, 11) is -0.524. The molecule has 0 amide bonds. The van der Waals surface area contributed by atoms with E-state index in [4.69, 9.17) is 9.15 Å². The van der Waals surface area contributed by atoms with Crippen molar-refractivity contribution in [3.63, 3.8) is 0 Å². The molecule has 1 saturated carbocycles. The maximum Gasteiger partial charge on any atom is 0.275 e. The number of nitrogens with zero attached hydrogens (tertiary/aromatic N) is 1. The summed E-state index contributed by atoms with van der Waals surface area (Å²) in [6.07, 6.45) is 5.31. The summed E-state index contributed by atoms with van der Waals surface area (Å²) in [5, 5.41) is 3.17. The van der Waals surface area contributed by atoms with Gasteiger partial charge in [0.15, 0.2) is 0 Å². The van der Waals surface area contributed by atoms with Crippen molar-refractivity contribution in [1.29, 1.82) is 0 Å². The summed E-state index contributed by atoms with van der Waals surface area (Å²) in [5.74, 6) is 0.608. The molecule has 1 fully saturated rings. The maximum atomic E-state index is 11.9. The molecular formula is C14H24N2O4S. The van der Waals surface area contributed by atoms with Crippen molar-refractivity contribution < 1.29 is 17.6 Å². The molecular weight excluding hydrogens is 292 g/mol. The molecule has 1 N–H and O–H groups in total. The first-order chi connectivity index (χ1) is 10.00. The van der Waals surface area contributed by atoms with E-state index in [-0.39, 0.29) is 5.09 Å². The smallest absolute Gasteiger partial charge is 0.275 e. The van der Waals surface area contributed by atoms with Crippen molar-refractivity contribution in [3.05, 3.63) is 17.9 Å². The molecule has 0 bridgehead atoms. The van der Waals surface area contributed by atoms with Crippen LogP contribution < -0.4 is 5.32 Å². The van der Waals surface area contributed by atoms with Crippen LogP contribution in [0.1, 0.15) is 31.4 Å². The normalized spacial score (nSPS) is 16.9. The largest absolute Gasteiger partial charge is 0.447 e. The summed E-state index contributed by atoms with van der Waals surface area (Å²) in [5.41, 5.74) is 0. The summed E-state index contributed by atoms with van der Waals surface area (Å²) < 4.78 is 36.0. The Balaban J connectivity index is 1.70.